The van der Waals surface area contributed by atoms with Crippen LogP contribution in [-0.2, 0) is 12.7 Å². The molecule has 1 amide bonds. The summed E-state index contributed by atoms with van der Waals surface area (Å²) >= 11 is 6.11. The van der Waals surface area contributed by atoms with Gasteiger partial charge in [-0.15, -0.1) is 0 Å². The molecule has 0 N–H and O–H groups in total. The molecule has 8 heteroatoms. The number of rotatable bonds is 3. The molecular formula is C21H19ClF3N3O. The van der Waals surface area contributed by atoms with Crippen LogP contribution < -0.4 is 0 Å². The smallest absolute Gasteiger partial charge is 0.339 e. The standard InChI is InChI=1S/C21H19ClF3N3O/c22-16-6-2-1-5-15(16)19(29)27-11-9-14(10-12-27)13-28-18-8-4-3-7-17(18)26-20(28)21(23,24)25/h1-8,14H,9-13H2. The molecule has 2 heterocycles. The highest BCUT2D eigenvalue weighted by Crippen LogP contribution is 2.33. The van der Waals surface area contributed by atoms with E-state index >= 15 is 0 Å². The first kappa shape index (κ1) is 19.8. The minimum atomic E-state index is -4.51. The SMILES string of the molecule is O=C(c1ccccc1Cl)N1CCC(Cn2c(C(F)(F)F)nc3ccccc32)CC1. The van der Waals surface area contributed by atoms with Gasteiger partial charge in [0.05, 0.1) is 21.6 Å². The van der Waals surface area contributed by atoms with Crippen molar-refractivity contribution in [3.8, 4) is 0 Å². The van der Waals surface area contributed by atoms with E-state index in [-0.39, 0.29) is 18.4 Å². The zero-order valence-corrected chi connectivity index (χ0v) is 16.2. The first-order valence-electron chi connectivity index (χ1n) is 9.41. The van der Waals surface area contributed by atoms with E-state index in [1.54, 1.807) is 53.4 Å². The number of amides is 1. The van der Waals surface area contributed by atoms with Gasteiger partial charge in [-0.3, -0.25) is 4.79 Å². The second kappa shape index (κ2) is 7.71. The number of nitrogens with zero attached hydrogens (tertiary/aromatic N) is 3. The van der Waals surface area contributed by atoms with Crippen LogP contribution in [0.25, 0.3) is 11.0 Å². The molecule has 0 unspecified atom stereocenters. The van der Waals surface area contributed by atoms with Crippen molar-refractivity contribution in [2.75, 3.05) is 13.1 Å². The van der Waals surface area contributed by atoms with E-state index in [4.69, 9.17) is 11.6 Å². The number of carbonyl (C=O) groups excluding carboxylic acids is 1. The van der Waals surface area contributed by atoms with Crippen LogP contribution in [0.4, 0.5) is 13.2 Å². The van der Waals surface area contributed by atoms with E-state index in [9.17, 15) is 18.0 Å². The van der Waals surface area contributed by atoms with Crippen molar-refractivity contribution in [3.63, 3.8) is 0 Å². The van der Waals surface area contributed by atoms with Gasteiger partial charge in [-0.2, -0.15) is 13.2 Å². The van der Waals surface area contributed by atoms with Crippen LogP contribution in [-0.4, -0.2) is 33.4 Å². The quantitative estimate of drug-likeness (QED) is 0.578. The maximum Gasteiger partial charge on any atom is 0.449 e. The lowest BCUT2D eigenvalue weighted by atomic mass is 9.96. The summed E-state index contributed by atoms with van der Waals surface area (Å²) in [7, 11) is 0. The summed E-state index contributed by atoms with van der Waals surface area (Å²) in [6.07, 6.45) is -3.26. The average Bonchev–Trinajstić information content (AvgIpc) is 3.08. The summed E-state index contributed by atoms with van der Waals surface area (Å²) < 4.78 is 41.7. The summed E-state index contributed by atoms with van der Waals surface area (Å²) in [6.45, 7) is 1.20. The first-order chi connectivity index (χ1) is 13.8. The van der Waals surface area contributed by atoms with E-state index < -0.39 is 12.0 Å². The highest BCUT2D eigenvalue weighted by atomic mass is 35.5. The minimum absolute atomic E-state index is 0.0315. The first-order valence-corrected chi connectivity index (χ1v) is 9.78. The molecule has 152 valence electrons. The van der Waals surface area contributed by atoms with Gasteiger partial charge in [-0.1, -0.05) is 35.9 Å². The van der Waals surface area contributed by atoms with Crippen LogP contribution in [0.5, 0.6) is 0 Å². The Morgan fingerprint density at radius 1 is 1.07 bits per heavy atom. The van der Waals surface area contributed by atoms with Crippen molar-refractivity contribution in [1.29, 1.82) is 0 Å². The number of aromatic nitrogens is 2. The van der Waals surface area contributed by atoms with Gasteiger partial charge in [-0.25, -0.2) is 4.98 Å². The lowest BCUT2D eigenvalue weighted by molar-refractivity contribution is -0.147. The molecule has 2 aromatic carbocycles. The summed E-state index contributed by atoms with van der Waals surface area (Å²) in [6, 6.07) is 13.5. The predicted octanol–water partition coefficient (Wildman–Crippen LogP) is 5.26. The third kappa shape index (κ3) is 3.96. The van der Waals surface area contributed by atoms with Gasteiger partial charge in [-0.05, 0) is 43.0 Å². The molecule has 29 heavy (non-hydrogen) atoms. The molecule has 0 saturated carbocycles. The largest absolute Gasteiger partial charge is 0.449 e. The third-order valence-corrected chi connectivity index (χ3v) is 5.68. The Hall–Kier alpha value is -2.54. The van der Waals surface area contributed by atoms with Crippen LogP contribution in [0, 0.1) is 5.92 Å². The second-order valence-corrected chi connectivity index (χ2v) is 7.66. The molecule has 4 rings (SSSR count). The van der Waals surface area contributed by atoms with Crippen molar-refractivity contribution in [2.24, 2.45) is 5.92 Å². The van der Waals surface area contributed by atoms with Crippen LogP contribution in [0.3, 0.4) is 0 Å². The number of alkyl halides is 3. The highest BCUT2D eigenvalue weighted by molar-refractivity contribution is 6.33. The van der Waals surface area contributed by atoms with Crippen molar-refractivity contribution < 1.29 is 18.0 Å². The summed E-state index contributed by atoms with van der Waals surface area (Å²) in [4.78, 5) is 18.2. The molecule has 1 aromatic heterocycles. The van der Waals surface area contributed by atoms with Crippen LogP contribution >= 0.6 is 11.6 Å². The number of para-hydroxylation sites is 2. The van der Waals surface area contributed by atoms with E-state index in [0.29, 0.717) is 47.6 Å². The number of hydrogen-bond donors (Lipinski definition) is 0. The normalized spacial score (nSPS) is 15.8. The number of imidazole rings is 1. The maximum atomic E-state index is 13.5. The molecule has 1 saturated heterocycles. The fraction of sp³-hybridized carbons (Fsp3) is 0.333. The minimum Gasteiger partial charge on any atom is -0.339 e. The number of benzene rings is 2. The maximum absolute atomic E-state index is 13.5. The molecule has 1 aliphatic heterocycles. The van der Waals surface area contributed by atoms with Gasteiger partial charge in [0.1, 0.15) is 0 Å². The Morgan fingerprint density at radius 2 is 1.72 bits per heavy atom. The predicted molar refractivity (Wildman–Crippen MR) is 105 cm³/mol. The molecule has 0 spiro atoms. The van der Waals surface area contributed by atoms with Crippen molar-refractivity contribution in [3.05, 3.63) is 64.9 Å². The lowest BCUT2D eigenvalue weighted by Gasteiger charge is -2.32. The van der Waals surface area contributed by atoms with E-state index in [0.717, 1.165) is 0 Å². The molecule has 3 aromatic rings. The molecule has 0 radical (unpaired) electrons. The fourth-order valence-corrected chi connectivity index (χ4v) is 4.08. The van der Waals surface area contributed by atoms with Crippen molar-refractivity contribution in [1.82, 2.24) is 14.5 Å². The van der Waals surface area contributed by atoms with E-state index in [1.807, 2.05) is 0 Å². The van der Waals surface area contributed by atoms with Crippen molar-refractivity contribution in [2.45, 2.75) is 25.6 Å². The summed E-state index contributed by atoms with van der Waals surface area (Å²) in [5, 5.41) is 0.402. The molecular weight excluding hydrogens is 403 g/mol. The zero-order valence-electron chi connectivity index (χ0n) is 15.5. The molecule has 0 aliphatic carbocycles. The lowest BCUT2D eigenvalue weighted by Crippen LogP contribution is -2.39. The van der Waals surface area contributed by atoms with E-state index in [2.05, 4.69) is 4.98 Å². The Balaban J connectivity index is 1.49. The monoisotopic (exact) mass is 421 g/mol. The summed E-state index contributed by atoms with van der Waals surface area (Å²) in [5.74, 6) is -0.976. The van der Waals surface area contributed by atoms with Gasteiger partial charge >= 0.3 is 6.18 Å². The summed E-state index contributed by atoms with van der Waals surface area (Å²) in [5.41, 5.74) is 1.27. The van der Waals surface area contributed by atoms with Crippen LogP contribution in [0.2, 0.25) is 5.02 Å². The average molecular weight is 422 g/mol. The Kier molecular flexibility index (Phi) is 5.25. The fourth-order valence-electron chi connectivity index (χ4n) is 3.86. The molecule has 1 aliphatic rings. The number of piperidine rings is 1. The molecule has 0 atom stereocenters. The van der Waals surface area contributed by atoms with Gasteiger partial charge in [0.25, 0.3) is 5.91 Å². The molecule has 1 fully saturated rings. The number of carbonyl (C=O) groups is 1. The van der Waals surface area contributed by atoms with Crippen LogP contribution in [0.1, 0.15) is 29.0 Å². The third-order valence-electron chi connectivity index (χ3n) is 5.35. The second-order valence-electron chi connectivity index (χ2n) is 7.25. The zero-order chi connectivity index (χ0) is 20.6. The Morgan fingerprint density at radius 3 is 2.41 bits per heavy atom. The number of hydrogen-bond acceptors (Lipinski definition) is 2. The number of halogens is 4. The van der Waals surface area contributed by atoms with Crippen molar-refractivity contribution >= 4 is 28.5 Å². The Labute approximate surface area is 170 Å². The van der Waals surface area contributed by atoms with Gasteiger partial charge < -0.3 is 9.47 Å². The number of likely N-dealkylation sites (tertiary alicyclic amines) is 1. The van der Waals surface area contributed by atoms with E-state index in [1.165, 1.54) is 4.57 Å². The van der Waals surface area contributed by atoms with Gasteiger partial charge in [0.2, 0.25) is 5.82 Å². The molecule has 4 nitrogen and oxygen atoms in total. The van der Waals surface area contributed by atoms with Crippen LogP contribution in [0.15, 0.2) is 48.5 Å². The van der Waals surface area contributed by atoms with Gasteiger partial charge in [0.15, 0.2) is 0 Å². The van der Waals surface area contributed by atoms with Gasteiger partial charge in [0, 0.05) is 19.6 Å². The number of fused-ring (bicyclic) bond motifs is 1. The highest BCUT2D eigenvalue weighted by Gasteiger charge is 2.38. The molecule has 0 bridgehead atoms. The Bertz CT molecular complexity index is 1040. The topological polar surface area (TPSA) is 38.1 Å².